The summed E-state index contributed by atoms with van der Waals surface area (Å²) in [7, 11) is -4.27. The number of sulfonamides is 1. The third kappa shape index (κ3) is 2.77. The Kier molecular flexibility index (Phi) is 3.38. The highest BCUT2D eigenvalue weighted by Crippen LogP contribution is 2.33. The fourth-order valence-electron chi connectivity index (χ4n) is 2.91. The summed E-state index contributed by atoms with van der Waals surface area (Å²) >= 11 is 0. The molecule has 0 unspecified atom stereocenters. The third-order valence-corrected chi connectivity index (χ3v) is 5.78. The molecule has 0 aromatic heterocycles. The molecule has 128 valence electrons. The summed E-state index contributed by atoms with van der Waals surface area (Å²) in [6.45, 7) is 0. The fourth-order valence-corrected chi connectivity index (χ4v) is 4.24. The summed E-state index contributed by atoms with van der Waals surface area (Å²) in [5, 5.41) is 31.1. The minimum Gasteiger partial charge on any atom is -0.507 e. The smallest absolute Gasteiger partial charge is 0.264 e. The Labute approximate surface area is 144 Å². The SMILES string of the molecule is O=S(=O)(NC(O)(O)c1ccc2c(c1)C2)c1cccc2c(O)cccc12. The molecule has 1 aliphatic rings. The Morgan fingerprint density at radius 2 is 1.64 bits per heavy atom. The van der Waals surface area contributed by atoms with Gasteiger partial charge in [0, 0.05) is 16.3 Å². The zero-order chi connectivity index (χ0) is 17.8. The fraction of sp³-hybridized carbons (Fsp3) is 0.111. The molecule has 4 rings (SSSR count). The van der Waals surface area contributed by atoms with Gasteiger partial charge in [-0.1, -0.05) is 36.4 Å². The van der Waals surface area contributed by atoms with Crippen molar-refractivity contribution in [2.75, 3.05) is 0 Å². The molecule has 6 nitrogen and oxygen atoms in total. The molecule has 3 aromatic carbocycles. The van der Waals surface area contributed by atoms with Crippen LogP contribution in [0.4, 0.5) is 0 Å². The predicted molar refractivity (Wildman–Crippen MR) is 91.3 cm³/mol. The molecule has 4 N–H and O–H groups in total. The first-order valence-electron chi connectivity index (χ1n) is 7.60. The molecule has 3 aromatic rings. The number of aromatic hydroxyl groups is 1. The number of hydrogen-bond donors (Lipinski definition) is 4. The molecule has 25 heavy (non-hydrogen) atoms. The summed E-state index contributed by atoms with van der Waals surface area (Å²) in [6, 6.07) is 13.7. The predicted octanol–water partition coefficient (Wildman–Crippen LogP) is 1.52. The monoisotopic (exact) mass is 357 g/mol. The topological polar surface area (TPSA) is 107 Å². The number of phenols is 1. The second kappa shape index (κ2) is 5.27. The molecular formula is C18H15NO5S. The van der Waals surface area contributed by atoms with Gasteiger partial charge in [0.05, 0.1) is 4.90 Å². The van der Waals surface area contributed by atoms with Gasteiger partial charge in [-0.3, -0.25) is 0 Å². The van der Waals surface area contributed by atoms with Crippen molar-refractivity contribution in [3.05, 3.63) is 71.3 Å². The van der Waals surface area contributed by atoms with E-state index < -0.39 is 15.9 Å². The maximum atomic E-state index is 12.7. The molecule has 0 heterocycles. The summed E-state index contributed by atoms with van der Waals surface area (Å²) in [5.41, 5.74) is 2.11. The van der Waals surface area contributed by atoms with E-state index in [1.165, 1.54) is 30.3 Å². The summed E-state index contributed by atoms with van der Waals surface area (Å²) in [4.78, 5) is -0.153. The summed E-state index contributed by atoms with van der Waals surface area (Å²) in [5.74, 6) is -2.80. The van der Waals surface area contributed by atoms with E-state index in [-0.39, 0.29) is 21.6 Å². The molecule has 0 atom stereocenters. The van der Waals surface area contributed by atoms with Crippen molar-refractivity contribution in [1.82, 2.24) is 4.72 Å². The lowest BCUT2D eigenvalue weighted by molar-refractivity contribution is -0.178. The quantitative estimate of drug-likeness (QED) is 0.414. The number of aliphatic hydroxyl groups is 2. The second-order valence-electron chi connectivity index (χ2n) is 6.07. The Balaban J connectivity index is 1.77. The van der Waals surface area contributed by atoms with Crippen LogP contribution < -0.4 is 4.72 Å². The maximum Gasteiger partial charge on any atom is 0.264 e. The molecule has 1 aliphatic carbocycles. The van der Waals surface area contributed by atoms with Gasteiger partial charge in [0.2, 0.25) is 10.0 Å². The van der Waals surface area contributed by atoms with Crippen LogP contribution in [0.3, 0.4) is 0 Å². The van der Waals surface area contributed by atoms with Crippen molar-refractivity contribution >= 4 is 20.8 Å². The van der Waals surface area contributed by atoms with Crippen LogP contribution >= 0.6 is 0 Å². The Hall–Kier alpha value is -2.45. The molecule has 0 bridgehead atoms. The number of hydrogen-bond acceptors (Lipinski definition) is 5. The number of rotatable bonds is 4. The summed E-state index contributed by atoms with van der Waals surface area (Å²) in [6.07, 6.45) is 0.769. The highest BCUT2D eigenvalue weighted by molar-refractivity contribution is 7.89. The molecule has 0 spiro atoms. The van der Waals surface area contributed by atoms with Gasteiger partial charge in [-0.2, -0.15) is 4.72 Å². The molecule has 0 fully saturated rings. The minimum absolute atomic E-state index is 0.0513. The van der Waals surface area contributed by atoms with Crippen molar-refractivity contribution in [2.45, 2.75) is 17.2 Å². The van der Waals surface area contributed by atoms with Crippen LogP contribution in [-0.4, -0.2) is 23.7 Å². The van der Waals surface area contributed by atoms with Gasteiger partial charge in [0.15, 0.2) is 0 Å². The van der Waals surface area contributed by atoms with Crippen molar-refractivity contribution < 1.29 is 23.7 Å². The van der Waals surface area contributed by atoms with Gasteiger partial charge in [-0.15, -0.1) is 0 Å². The van der Waals surface area contributed by atoms with E-state index in [2.05, 4.69) is 0 Å². The van der Waals surface area contributed by atoms with Crippen LogP contribution in [0.2, 0.25) is 0 Å². The second-order valence-corrected chi connectivity index (χ2v) is 7.72. The lowest BCUT2D eigenvalue weighted by Crippen LogP contribution is -2.45. The largest absolute Gasteiger partial charge is 0.507 e. The number of nitrogens with one attached hydrogen (secondary N) is 1. The molecule has 0 aliphatic heterocycles. The lowest BCUT2D eigenvalue weighted by atomic mass is 10.1. The van der Waals surface area contributed by atoms with Gasteiger partial charge in [-0.05, 0) is 35.7 Å². The van der Waals surface area contributed by atoms with Crippen molar-refractivity contribution in [2.24, 2.45) is 0 Å². The van der Waals surface area contributed by atoms with Crippen LogP contribution in [0.25, 0.3) is 10.8 Å². The lowest BCUT2D eigenvalue weighted by Gasteiger charge is -2.23. The third-order valence-electron chi connectivity index (χ3n) is 4.29. The van der Waals surface area contributed by atoms with Gasteiger partial charge < -0.3 is 15.3 Å². The van der Waals surface area contributed by atoms with E-state index in [1.54, 1.807) is 24.3 Å². The highest BCUT2D eigenvalue weighted by atomic mass is 32.2. The molecule has 0 saturated heterocycles. The number of phenolic OH excluding ortho intramolecular Hbond substituents is 1. The zero-order valence-electron chi connectivity index (χ0n) is 13.0. The van der Waals surface area contributed by atoms with Crippen LogP contribution in [0, 0.1) is 0 Å². The van der Waals surface area contributed by atoms with E-state index in [0.29, 0.717) is 5.39 Å². The van der Waals surface area contributed by atoms with Crippen molar-refractivity contribution in [3.63, 3.8) is 0 Å². The van der Waals surface area contributed by atoms with Crippen LogP contribution in [-0.2, 0) is 22.4 Å². The van der Waals surface area contributed by atoms with E-state index in [1.807, 2.05) is 4.72 Å². The molecule has 0 amide bonds. The van der Waals surface area contributed by atoms with E-state index in [9.17, 15) is 23.7 Å². The zero-order valence-corrected chi connectivity index (χ0v) is 13.8. The average Bonchev–Trinajstić information content (AvgIpc) is 3.32. The van der Waals surface area contributed by atoms with E-state index in [4.69, 9.17) is 0 Å². The number of benzene rings is 3. The van der Waals surface area contributed by atoms with Crippen molar-refractivity contribution in [1.29, 1.82) is 0 Å². The highest BCUT2D eigenvalue weighted by Gasteiger charge is 2.35. The van der Waals surface area contributed by atoms with Crippen molar-refractivity contribution in [3.8, 4) is 5.75 Å². The molecule has 7 heteroatoms. The first-order valence-corrected chi connectivity index (χ1v) is 9.08. The average molecular weight is 357 g/mol. The van der Waals surface area contributed by atoms with E-state index >= 15 is 0 Å². The minimum atomic E-state index is -4.27. The number of fused-ring (bicyclic) bond motifs is 2. The molecule has 0 radical (unpaired) electrons. The van der Waals surface area contributed by atoms with Gasteiger partial charge in [-0.25, -0.2) is 8.42 Å². The van der Waals surface area contributed by atoms with Gasteiger partial charge in [0.25, 0.3) is 5.91 Å². The Morgan fingerprint density at radius 1 is 0.920 bits per heavy atom. The van der Waals surface area contributed by atoms with Crippen LogP contribution in [0.1, 0.15) is 16.7 Å². The Bertz CT molecular complexity index is 1110. The Morgan fingerprint density at radius 3 is 2.40 bits per heavy atom. The first kappa shape index (κ1) is 16.0. The first-order chi connectivity index (χ1) is 11.8. The van der Waals surface area contributed by atoms with Gasteiger partial charge >= 0.3 is 0 Å². The summed E-state index contributed by atoms with van der Waals surface area (Å²) < 4.78 is 27.4. The normalized spacial score (nSPS) is 13.7. The molecular weight excluding hydrogens is 342 g/mol. The molecule has 0 saturated carbocycles. The van der Waals surface area contributed by atoms with E-state index in [0.717, 1.165) is 17.5 Å². The standard InChI is InChI=1S/C18H15NO5S/c20-16-5-1-4-15-14(16)3-2-6-17(15)25(23,24)19-18(21,22)13-8-7-11-9-12(11)10-13/h1-8,10,19-22H,9H2. The van der Waals surface area contributed by atoms with Crippen LogP contribution in [0.5, 0.6) is 5.75 Å². The van der Waals surface area contributed by atoms with Gasteiger partial charge in [0.1, 0.15) is 5.75 Å². The van der Waals surface area contributed by atoms with Crippen LogP contribution in [0.15, 0.2) is 59.5 Å². The maximum absolute atomic E-state index is 12.7.